The van der Waals surface area contributed by atoms with Crippen molar-refractivity contribution in [2.45, 2.75) is 0 Å². The Bertz CT molecular complexity index is 519. The summed E-state index contributed by atoms with van der Waals surface area (Å²) in [4.78, 5) is 10.7. The highest BCUT2D eigenvalue weighted by atomic mass is 19.2. The van der Waals surface area contributed by atoms with Gasteiger partial charge in [0.05, 0.1) is 5.39 Å². The summed E-state index contributed by atoms with van der Waals surface area (Å²) in [6.07, 6.45) is 0. The molecule has 3 nitrogen and oxygen atoms in total. The van der Waals surface area contributed by atoms with Crippen molar-refractivity contribution in [2.24, 2.45) is 5.73 Å². The number of rotatable bonds is 1. The largest absolute Gasteiger partial charge is 0.429 e. The molecule has 0 aliphatic heterocycles. The lowest BCUT2D eigenvalue weighted by Gasteiger charge is -1.93. The summed E-state index contributed by atoms with van der Waals surface area (Å²) in [5, 5.41) is -0.00694. The van der Waals surface area contributed by atoms with Crippen molar-refractivity contribution in [3.8, 4) is 0 Å². The number of hydrogen-bond acceptors (Lipinski definition) is 2. The molecule has 0 saturated carbocycles. The molecule has 1 heterocycles. The third-order valence-corrected chi connectivity index (χ3v) is 1.87. The van der Waals surface area contributed by atoms with E-state index in [0.29, 0.717) is 0 Å². The third-order valence-electron chi connectivity index (χ3n) is 1.87. The number of hydrogen-bond donors (Lipinski definition) is 1. The van der Waals surface area contributed by atoms with E-state index in [1.807, 2.05) is 0 Å². The maximum absolute atomic E-state index is 12.9. The molecule has 2 N–H and O–H groups in total. The van der Waals surface area contributed by atoms with Crippen LogP contribution in [0.2, 0.25) is 0 Å². The van der Waals surface area contributed by atoms with Crippen molar-refractivity contribution in [3.05, 3.63) is 35.6 Å². The second kappa shape index (κ2) is 2.80. The first-order chi connectivity index (χ1) is 6.59. The van der Waals surface area contributed by atoms with Gasteiger partial charge in [0, 0.05) is 5.56 Å². The summed E-state index contributed by atoms with van der Waals surface area (Å²) >= 11 is 0. The van der Waals surface area contributed by atoms with Crippen molar-refractivity contribution in [1.29, 1.82) is 0 Å². The molecule has 0 aliphatic rings. The molecule has 1 amide bonds. The summed E-state index contributed by atoms with van der Waals surface area (Å²) < 4.78 is 30.0. The van der Waals surface area contributed by atoms with Crippen molar-refractivity contribution >= 4 is 16.9 Å². The van der Waals surface area contributed by atoms with Crippen LogP contribution in [0.25, 0.3) is 11.0 Å². The Balaban J connectivity index is 2.73. The van der Waals surface area contributed by atoms with Crippen LogP contribution in [0, 0.1) is 11.8 Å². The van der Waals surface area contributed by atoms with Crippen LogP contribution in [0.3, 0.4) is 0 Å². The fourth-order valence-corrected chi connectivity index (χ4v) is 1.19. The Labute approximate surface area is 77.1 Å². The third kappa shape index (κ3) is 1.14. The lowest BCUT2D eigenvalue weighted by molar-refractivity contribution is 0.1000. The van der Waals surface area contributed by atoms with Crippen molar-refractivity contribution in [2.75, 3.05) is 0 Å². The lowest BCUT2D eigenvalue weighted by atomic mass is 10.1. The molecule has 0 atom stereocenters. The van der Waals surface area contributed by atoms with E-state index in [-0.39, 0.29) is 16.5 Å². The van der Waals surface area contributed by atoms with Crippen LogP contribution in [-0.4, -0.2) is 5.91 Å². The van der Waals surface area contributed by atoms with Crippen LogP contribution in [0.15, 0.2) is 22.6 Å². The molecule has 5 heteroatoms. The van der Waals surface area contributed by atoms with E-state index in [4.69, 9.17) is 5.73 Å². The fourth-order valence-electron chi connectivity index (χ4n) is 1.19. The van der Waals surface area contributed by atoms with Gasteiger partial charge in [0.25, 0.3) is 0 Å². The summed E-state index contributed by atoms with van der Waals surface area (Å²) in [7, 11) is 0. The van der Waals surface area contributed by atoms with Gasteiger partial charge in [-0.1, -0.05) is 0 Å². The summed E-state index contributed by atoms with van der Waals surface area (Å²) in [5.74, 6) is -1.74. The Hall–Kier alpha value is -1.91. The number of benzene rings is 1. The first kappa shape index (κ1) is 8.68. The van der Waals surface area contributed by atoms with E-state index in [1.54, 1.807) is 0 Å². The molecule has 2 aromatic rings. The predicted octanol–water partition coefficient (Wildman–Crippen LogP) is 1.81. The lowest BCUT2D eigenvalue weighted by Crippen LogP contribution is -2.10. The van der Waals surface area contributed by atoms with Gasteiger partial charge < -0.3 is 10.2 Å². The van der Waals surface area contributed by atoms with Gasteiger partial charge in [0.2, 0.25) is 11.7 Å². The quantitative estimate of drug-likeness (QED) is 0.757. The van der Waals surface area contributed by atoms with Gasteiger partial charge >= 0.3 is 6.01 Å². The summed E-state index contributed by atoms with van der Waals surface area (Å²) in [6.45, 7) is 0. The topological polar surface area (TPSA) is 56.2 Å². The molecule has 0 bridgehead atoms. The smallest absolute Gasteiger partial charge is 0.315 e. The highest BCUT2D eigenvalue weighted by molar-refractivity contribution is 5.96. The van der Waals surface area contributed by atoms with Gasteiger partial charge in [-0.05, 0) is 18.2 Å². The van der Waals surface area contributed by atoms with Gasteiger partial charge in [-0.2, -0.15) is 8.78 Å². The average Bonchev–Trinajstić information content (AvgIpc) is 2.42. The van der Waals surface area contributed by atoms with E-state index in [1.165, 1.54) is 18.2 Å². The zero-order valence-electron chi connectivity index (χ0n) is 6.88. The molecule has 0 spiro atoms. The van der Waals surface area contributed by atoms with E-state index in [2.05, 4.69) is 4.42 Å². The number of halogens is 2. The number of nitrogens with two attached hydrogens (primary N) is 1. The number of primary amides is 1. The van der Waals surface area contributed by atoms with Crippen molar-refractivity contribution in [1.82, 2.24) is 0 Å². The van der Waals surface area contributed by atoms with Crippen LogP contribution < -0.4 is 5.73 Å². The minimum absolute atomic E-state index is 0.00694. The van der Waals surface area contributed by atoms with Crippen molar-refractivity contribution in [3.63, 3.8) is 0 Å². The number of carbonyl (C=O) groups is 1. The molecule has 0 unspecified atom stereocenters. The number of amides is 1. The molecule has 0 saturated heterocycles. The fraction of sp³-hybridized carbons (Fsp3) is 0. The molecule has 14 heavy (non-hydrogen) atoms. The van der Waals surface area contributed by atoms with Gasteiger partial charge in [-0.3, -0.25) is 4.79 Å². The second-order valence-corrected chi connectivity index (χ2v) is 2.76. The van der Waals surface area contributed by atoms with Gasteiger partial charge in [0.1, 0.15) is 5.58 Å². The molecule has 0 fully saturated rings. The van der Waals surface area contributed by atoms with Gasteiger partial charge in [-0.25, -0.2) is 0 Å². The average molecular weight is 197 g/mol. The molecule has 1 aromatic carbocycles. The van der Waals surface area contributed by atoms with E-state index in [9.17, 15) is 13.6 Å². The Kier molecular flexibility index (Phi) is 1.73. The normalized spacial score (nSPS) is 10.7. The maximum atomic E-state index is 12.9. The maximum Gasteiger partial charge on any atom is 0.315 e. The van der Waals surface area contributed by atoms with Gasteiger partial charge in [-0.15, -0.1) is 0 Å². The first-order valence-corrected chi connectivity index (χ1v) is 3.77. The standard InChI is InChI=1S/C9H5F2NO2/c10-7-5-2-1-4(9(12)13)3-6(5)14-8(7)11/h1-3H,(H2,12,13). The SMILES string of the molecule is NC(=O)c1ccc2c(F)c(F)oc2c1. The Morgan fingerprint density at radius 3 is 2.71 bits per heavy atom. The molecular formula is C9H5F2NO2. The number of carbonyl (C=O) groups excluding carboxylic acids is 1. The number of fused-ring (bicyclic) bond motifs is 1. The van der Waals surface area contributed by atoms with E-state index < -0.39 is 17.7 Å². The Morgan fingerprint density at radius 1 is 1.36 bits per heavy atom. The monoisotopic (exact) mass is 197 g/mol. The predicted molar refractivity (Wildman–Crippen MR) is 44.6 cm³/mol. The molecule has 1 aromatic heterocycles. The van der Waals surface area contributed by atoms with Crippen LogP contribution in [0.5, 0.6) is 0 Å². The van der Waals surface area contributed by atoms with Crippen LogP contribution in [0.1, 0.15) is 10.4 Å². The van der Waals surface area contributed by atoms with Gasteiger partial charge in [0.15, 0.2) is 0 Å². The number of furan rings is 1. The van der Waals surface area contributed by atoms with E-state index >= 15 is 0 Å². The highest BCUT2D eigenvalue weighted by Crippen LogP contribution is 2.23. The van der Waals surface area contributed by atoms with Crippen molar-refractivity contribution < 1.29 is 18.0 Å². The van der Waals surface area contributed by atoms with Crippen LogP contribution in [-0.2, 0) is 0 Å². The van der Waals surface area contributed by atoms with E-state index in [0.717, 1.165) is 0 Å². The highest BCUT2D eigenvalue weighted by Gasteiger charge is 2.14. The molecule has 72 valence electrons. The molecular weight excluding hydrogens is 192 g/mol. The minimum Gasteiger partial charge on any atom is -0.429 e. The molecule has 0 radical (unpaired) electrons. The molecule has 2 rings (SSSR count). The second-order valence-electron chi connectivity index (χ2n) is 2.76. The first-order valence-electron chi connectivity index (χ1n) is 3.77. The zero-order valence-corrected chi connectivity index (χ0v) is 6.88. The van der Waals surface area contributed by atoms with Crippen LogP contribution >= 0.6 is 0 Å². The minimum atomic E-state index is -1.29. The van der Waals surface area contributed by atoms with Crippen LogP contribution in [0.4, 0.5) is 8.78 Å². The summed E-state index contributed by atoms with van der Waals surface area (Å²) in [6, 6.07) is 2.46. The molecule has 0 aliphatic carbocycles. The zero-order chi connectivity index (χ0) is 10.3. The summed E-state index contributed by atoms with van der Waals surface area (Å²) in [5.41, 5.74) is 5.10. The Morgan fingerprint density at radius 2 is 2.07 bits per heavy atom.